The van der Waals surface area contributed by atoms with Crippen LogP contribution in [0.15, 0.2) is 35.7 Å². The molecule has 108 valence electrons. The Morgan fingerprint density at radius 1 is 1.29 bits per heavy atom. The van der Waals surface area contributed by atoms with Gasteiger partial charge in [-0.3, -0.25) is 9.59 Å². The van der Waals surface area contributed by atoms with Crippen LogP contribution >= 0.6 is 11.3 Å². The predicted molar refractivity (Wildman–Crippen MR) is 78.7 cm³/mol. The van der Waals surface area contributed by atoms with E-state index in [0.29, 0.717) is 12.8 Å². The molecule has 0 unspecified atom stereocenters. The van der Waals surface area contributed by atoms with Gasteiger partial charge in [-0.15, -0.1) is 11.3 Å². The van der Waals surface area contributed by atoms with E-state index < -0.39 is 17.3 Å². The van der Waals surface area contributed by atoms with E-state index in [9.17, 15) is 9.59 Å². The molecule has 5 nitrogen and oxygen atoms in total. The van der Waals surface area contributed by atoms with Crippen molar-refractivity contribution in [3.05, 3.63) is 41.4 Å². The third kappa shape index (κ3) is 2.67. The lowest BCUT2D eigenvalue weighted by Crippen LogP contribution is -2.36. The number of rotatable bonds is 5. The smallest absolute Gasteiger partial charge is 0.319 e. The second-order valence-electron chi connectivity index (χ2n) is 5.08. The Labute approximate surface area is 125 Å². The molecule has 1 aliphatic rings. The summed E-state index contributed by atoms with van der Waals surface area (Å²) in [7, 11) is 0. The van der Waals surface area contributed by atoms with Gasteiger partial charge in [0.1, 0.15) is 10.4 Å². The molecule has 1 fully saturated rings. The fraction of sp³-hybridized carbons (Fsp3) is 0.267. The molecule has 1 heterocycles. The lowest BCUT2D eigenvalue weighted by atomic mass is 10.1. The second kappa shape index (κ2) is 5.29. The summed E-state index contributed by atoms with van der Waals surface area (Å²) < 4.78 is 0. The van der Waals surface area contributed by atoms with Crippen molar-refractivity contribution in [2.75, 3.05) is 0 Å². The summed E-state index contributed by atoms with van der Waals surface area (Å²) in [5.74, 6) is -1.45. The van der Waals surface area contributed by atoms with Crippen LogP contribution in [-0.2, 0) is 16.1 Å². The fourth-order valence-corrected chi connectivity index (χ4v) is 2.93. The molecule has 0 bridgehead atoms. The van der Waals surface area contributed by atoms with Crippen molar-refractivity contribution >= 4 is 23.2 Å². The first-order valence-corrected chi connectivity index (χ1v) is 7.51. The minimum Gasteiger partial charge on any atom is -0.480 e. The van der Waals surface area contributed by atoms with Crippen LogP contribution in [-0.4, -0.2) is 22.0 Å². The molecule has 0 radical (unpaired) electrons. The largest absolute Gasteiger partial charge is 0.480 e. The average Bonchev–Trinajstić information content (AvgIpc) is 3.19. The van der Waals surface area contributed by atoms with Gasteiger partial charge >= 0.3 is 5.97 Å². The van der Waals surface area contributed by atoms with Crippen LogP contribution in [0.25, 0.3) is 10.6 Å². The monoisotopic (exact) mass is 302 g/mol. The molecule has 0 aliphatic heterocycles. The number of hydrogen-bond acceptors (Lipinski definition) is 4. The molecular weight excluding hydrogens is 288 g/mol. The van der Waals surface area contributed by atoms with E-state index in [1.165, 1.54) is 11.3 Å². The standard InChI is InChI=1S/C15H14N2O3S/c18-13(15(6-7-15)14(19)20)16-8-11-9-21-12(17-11)10-4-2-1-3-5-10/h1-5,9H,6-8H2,(H,16,18)(H,19,20). The summed E-state index contributed by atoms with van der Waals surface area (Å²) in [6.45, 7) is 0.261. The Hall–Kier alpha value is -2.21. The second-order valence-corrected chi connectivity index (χ2v) is 5.94. The molecule has 1 aromatic heterocycles. The summed E-state index contributed by atoms with van der Waals surface area (Å²) in [6, 6.07) is 9.79. The molecule has 1 aromatic carbocycles. The molecule has 0 spiro atoms. The number of nitrogens with one attached hydrogen (secondary N) is 1. The predicted octanol–water partition coefficient (Wildman–Crippen LogP) is 2.29. The topological polar surface area (TPSA) is 79.3 Å². The number of carbonyl (C=O) groups excluding carboxylic acids is 1. The van der Waals surface area contributed by atoms with Crippen molar-refractivity contribution in [3.8, 4) is 10.6 Å². The number of thiazole rings is 1. The van der Waals surface area contributed by atoms with Crippen LogP contribution in [0.2, 0.25) is 0 Å². The van der Waals surface area contributed by atoms with Gasteiger partial charge in [-0.05, 0) is 12.8 Å². The molecule has 2 aromatic rings. The van der Waals surface area contributed by atoms with E-state index in [4.69, 9.17) is 5.11 Å². The number of nitrogens with zero attached hydrogens (tertiary/aromatic N) is 1. The van der Waals surface area contributed by atoms with Gasteiger partial charge in [0, 0.05) is 10.9 Å². The Kier molecular flexibility index (Phi) is 3.47. The van der Waals surface area contributed by atoms with E-state index in [-0.39, 0.29) is 6.54 Å². The van der Waals surface area contributed by atoms with Crippen molar-refractivity contribution in [1.29, 1.82) is 0 Å². The zero-order valence-corrected chi connectivity index (χ0v) is 12.0. The normalized spacial score (nSPS) is 15.4. The quantitative estimate of drug-likeness (QED) is 0.831. The van der Waals surface area contributed by atoms with Gasteiger partial charge in [-0.2, -0.15) is 0 Å². The van der Waals surface area contributed by atoms with E-state index in [1.54, 1.807) is 0 Å². The highest BCUT2D eigenvalue weighted by atomic mass is 32.1. The first-order valence-electron chi connectivity index (χ1n) is 6.63. The Morgan fingerprint density at radius 3 is 2.62 bits per heavy atom. The molecular formula is C15H14N2O3S. The number of carboxylic acids is 1. The number of benzene rings is 1. The number of hydrogen-bond donors (Lipinski definition) is 2. The minimum absolute atomic E-state index is 0.261. The highest BCUT2D eigenvalue weighted by Crippen LogP contribution is 2.46. The molecule has 0 atom stereocenters. The van der Waals surface area contributed by atoms with Crippen molar-refractivity contribution in [3.63, 3.8) is 0 Å². The first kappa shape index (κ1) is 13.8. The average molecular weight is 302 g/mol. The van der Waals surface area contributed by atoms with Crippen molar-refractivity contribution in [2.45, 2.75) is 19.4 Å². The maximum Gasteiger partial charge on any atom is 0.319 e. The summed E-state index contributed by atoms with van der Waals surface area (Å²) in [6.07, 6.45) is 0.834. The third-order valence-electron chi connectivity index (χ3n) is 3.60. The Bertz CT molecular complexity index is 677. The SMILES string of the molecule is O=C(O)C1(C(=O)NCc2csc(-c3ccccc3)n2)CC1. The summed E-state index contributed by atoms with van der Waals surface area (Å²) >= 11 is 1.50. The van der Waals surface area contributed by atoms with Crippen LogP contribution < -0.4 is 5.32 Å². The molecule has 0 saturated heterocycles. The van der Waals surface area contributed by atoms with Gasteiger partial charge in [0.05, 0.1) is 12.2 Å². The Balaban J connectivity index is 1.64. The fourth-order valence-electron chi connectivity index (χ4n) is 2.10. The number of carboxylic acid groups (broad SMARTS) is 1. The van der Waals surface area contributed by atoms with Gasteiger partial charge in [0.25, 0.3) is 0 Å². The van der Waals surface area contributed by atoms with Crippen LogP contribution in [0.1, 0.15) is 18.5 Å². The van der Waals surface area contributed by atoms with Crippen LogP contribution in [0.5, 0.6) is 0 Å². The number of aromatic nitrogens is 1. The first-order chi connectivity index (χ1) is 10.1. The summed E-state index contributed by atoms with van der Waals surface area (Å²) in [4.78, 5) is 27.4. The van der Waals surface area contributed by atoms with Crippen LogP contribution in [0, 0.1) is 5.41 Å². The van der Waals surface area contributed by atoms with Gasteiger partial charge in [-0.25, -0.2) is 4.98 Å². The van der Waals surface area contributed by atoms with Crippen LogP contribution in [0.4, 0.5) is 0 Å². The number of carbonyl (C=O) groups is 2. The van der Waals surface area contributed by atoms with Gasteiger partial charge < -0.3 is 10.4 Å². The van der Waals surface area contributed by atoms with Crippen LogP contribution in [0.3, 0.4) is 0 Å². The summed E-state index contributed by atoms with van der Waals surface area (Å²) in [5.41, 5.74) is 0.579. The van der Waals surface area contributed by atoms with Gasteiger partial charge in [-0.1, -0.05) is 30.3 Å². The number of amides is 1. The van der Waals surface area contributed by atoms with Gasteiger partial charge in [0.15, 0.2) is 0 Å². The van der Waals surface area contributed by atoms with Crippen molar-refractivity contribution in [2.24, 2.45) is 5.41 Å². The third-order valence-corrected chi connectivity index (χ3v) is 4.54. The molecule has 1 amide bonds. The van der Waals surface area contributed by atoms with Gasteiger partial charge in [0.2, 0.25) is 5.91 Å². The zero-order chi connectivity index (χ0) is 14.9. The highest BCUT2D eigenvalue weighted by Gasteiger charge is 2.56. The molecule has 2 N–H and O–H groups in total. The molecule has 21 heavy (non-hydrogen) atoms. The van der Waals surface area contributed by atoms with E-state index >= 15 is 0 Å². The summed E-state index contributed by atoms with van der Waals surface area (Å²) in [5, 5.41) is 14.5. The molecule has 6 heteroatoms. The maximum absolute atomic E-state index is 11.9. The van der Waals surface area contributed by atoms with E-state index in [1.807, 2.05) is 35.7 Å². The molecule has 3 rings (SSSR count). The minimum atomic E-state index is -1.20. The molecule has 1 aliphatic carbocycles. The van der Waals surface area contributed by atoms with Crippen molar-refractivity contribution < 1.29 is 14.7 Å². The van der Waals surface area contributed by atoms with E-state index in [0.717, 1.165) is 16.3 Å². The lowest BCUT2D eigenvalue weighted by molar-refractivity contribution is -0.149. The maximum atomic E-state index is 11.9. The Morgan fingerprint density at radius 2 is 2.00 bits per heavy atom. The molecule has 1 saturated carbocycles. The number of aliphatic carboxylic acids is 1. The zero-order valence-electron chi connectivity index (χ0n) is 11.2. The lowest BCUT2D eigenvalue weighted by Gasteiger charge is -2.09. The van der Waals surface area contributed by atoms with E-state index in [2.05, 4.69) is 10.3 Å². The van der Waals surface area contributed by atoms with Crippen molar-refractivity contribution in [1.82, 2.24) is 10.3 Å². The highest BCUT2D eigenvalue weighted by molar-refractivity contribution is 7.13.